The zero-order valence-corrected chi connectivity index (χ0v) is 13.2. The standard InChI is InChI=1S/C16H22N2S/c1-10-6-11(2)16(12(3)7-10)14(17-5)8-15-18-13(4)9-19-15/h6-7,9,14,17H,8H2,1-5H3. The van der Waals surface area contributed by atoms with Crippen LogP contribution in [-0.2, 0) is 6.42 Å². The lowest BCUT2D eigenvalue weighted by molar-refractivity contribution is 0.583. The molecule has 2 aromatic rings. The SMILES string of the molecule is CNC(Cc1nc(C)cs1)c1c(C)cc(C)cc1C. The monoisotopic (exact) mass is 274 g/mol. The maximum atomic E-state index is 4.58. The Kier molecular flexibility index (Phi) is 4.38. The number of hydrogen-bond acceptors (Lipinski definition) is 3. The van der Waals surface area contributed by atoms with E-state index in [1.165, 1.54) is 27.3 Å². The van der Waals surface area contributed by atoms with Gasteiger partial charge in [-0.3, -0.25) is 0 Å². The molecule has 2 rings (SSSR count). The van der Waals surface area contributed by atoms with E-state index in [4.69, 9.17) is 0 Å². The number of likely N-dealkylation sites (N-methyl/N-ethyl adjacent to an activating group) is 1. The molecule has 3 heteroatoms. The zero-order chi connectivity index (χ0) is 14.0. The summed E-state index contributed by atoms with van der Waals surface area (Å²) >= 11 is 1.75. The first-order valence-corrected chi connectivity index (χ1v) is 7.55. The fourth-order valence-corrected chi connectivity index (χ4v) is 3.58. The van der Waals surface area contributed by atoms with Gasteiger partial charge in [-0.1, -0.05) is 17.7 Å². The summed E-state index contributed by atoms with van der Waals surface area (Å²) in [6.07, 6.45) is 0.958. The molecule has 1 unspecified atom stereocenters. The Labute approximate surface area is 119 Å². The third kappa shape index (κ3) is 3.23. The first-order valence-electron chi connectivity index (χ1n) is 6.67. The summed E-state index contributed by atoms with van der Waals surface area (Å²) < 4.78 is 0. The summed E-state index contributed by atoms with van der Waals surface area (Å²) in [7, 11) is 2.03. The van der Waals surface area contributed by atoms with E-state index in [0.29, 0.717) is 6.04 Å². The minimum Gasteiger partial charge on any atom is -0.313 e. The molecule has 0 amide bonds. The fraction of sp³-hybridized carbons (Fsp3) is 0.438. The van der Waals surface area contributed by atoms with E-state index in [0.717, 1.165) is 12.1 Å². The predicted octanol–water partition coefficient (Wildman–Crippen LogP) is 3.88. The van der Waals surface area contributed by atoms with Crippen molar-refractivity contribution in [2.75, 3.05) is 7.05 Å². The Morgan fingerprint density at radius 2 is 1.79 bits per heavy atom. The van der Waals surface area contributed by atoms with Crippen LogP contribution >= 0.6 is 11.3 Å². The zero-order valence-electron chi connectivity index (χ0n) is 12.4. The average Bonchev–Trinajstić information content (AvgIpc) is 2.72. The number of nitrogens with one attached hydrogen (secondary N) is 1. The number of aryl methyl sites for hydroxylation is 4. The molecular weight excluding hydrogens is 252 g/mol. The van der Waals surface area contributed by atoms with E-state index in [-0.39, 0.29) is 0 Å². The summed E-state index contributed by atoms with van der Waals surface area (Å²) in [4.78, 5) is 4.58. The van der Waals surface area contributed by atoms with Crippen molar-refractivity contribution in [2.45, 2.75) is 40.2 Å². The molecule has 0 aliphatic heterocycles. The average molecular weight is 274 g/mol. The maximum Gasteiger partial charge on any atom is 0.0947 e. The van der Waals surface area contributed by atoms with E-state index in [9.17, 15) is 0 Å². The fourth-order valence-electron chi connectivity index (χ4n) is 2.76. The Morgan fingerprint density at radius 3 is 2.26 bits per heavy atom. The van der Waals surface area contributed by atoms with E-state index < -0.39 is 0 Å². The highest BCUT2D eigenvalue weighted by molar-refractivity contribution is 7.09. The lowest BCUT2D eigenvalue weighted by atomic mass is 9.92. The second-order valence-electron chi connectivity index (χ2n) is 5.24. The molecule has 1 heterocycles. The number of nitrogens with zero attached hydrogens (tertiary/aromatic N) is 1. The van der Waals surface area contributed by atoms with Gasteiger partial charge in [-0.15, -0.1) is 11.3 Å². The second kappa shape index (κ2) is 5.85. The van der Waals surface area contributed by atoms with Gasteiger partial charge in [-0.05, 0) is 51.4 Å². The molecule has 1 aromatic heterocycles. The van der Waals surface area contributed by atoms with Crippen molar-refractivity contribution in [1.29, 1.82) is 0 Å². The third-order valence-corrected chi connectivity index (χ3v) is 4.47. The Balaban J connectivity index is 2.32. The molecular formula is C16H22N2S. The predicted molar refractivity (Wildman–Crippen MR) is 83.0 cm³/mol. The van der Waals surface area contributed by atoms with E-state index in [1.807, 2.05) is 7.05 Å². The number of rotatable bonds is 4. The molecule has 0 aliphatic rings. The third-order valence-electron chi connectivity index (χ3n) is 3.48. The van der Waals surface area contributed by atoms with Crippen LogP contribution < -0.4 is 5.32 Å². The molecule has 1 aromatic carbocycles. The molecule has 1 atom stereocenters. The summed E-state index contributed by atoms with van der Waals surface area (Å²) in [6, 6.07) is 4.87. The van der Waals surface area contributed by atoms with E-state index >= 15 is 0 Å². The summed E-state index contributed by atoms with van der Waals surface area (Å²) in [5.74, 6) is 0. The van der Waals surface area contributed by atoms with E-state index in [1.54, 1.807) is 11.3 Å². The molecule has 0 saturated heterocycles. The quantitative estimate of drug-likeness (QED) is 0.915. The first kappa shape index (κ1) is 14.2. The van der Waals surface area contributed by atoms with Crippen molar-refractivity contribution in [3.63, 3.8) is 0 Å². The highest BCUT2D eigenvalue weighted by Gasteiger charge is 2.16. The van der Waals surface area contributed by atoms with Crippen molar-refractivity contribution in [3.8, 4) is 0 Å². The van der Waals surface area contributed by atoms with Crippen molar-refractivity contribution < 1.29 is 0 Å². The first-order chi connectivity index (χ1) is 9.01. The smallest absolute Gasteiger partial charge is 0.0947 e. The van der Waals surface area contributed by atoms with Crippen molar-refractivity contribution >= 4 is 11.3 Å². The number of thiazole rings is 1. The molecule has 2 nitrogen and oxygen atoms in total. The number of benzene rings is 1. The van der Waals surface area contributed by atoms with E-state index in [2.05, 4.69) is 55.5 Å². The van der Waals surface area contributed by atoms with Crippen LogP contribution in [0.2, 0.25) is 0 Å². The molecule has 102 valence electrons. The van der Waals surface area contributed by atoms with Crippen LogP contribution in [0, 0.1) is 27.7 Å². The topological polar surface area (TPSA) is 24.9 Å². The van der Waals surface area contributed by atoms with Gasteiger partial charge in [0.15, 0.2) is 0 Å². The molecule has 0 spiro atoms. The minimum atomic E-state index is 0.339. The highest BCUT2D eigenvalue weighted by atomic mass is 32.1. The van der Waals surface area contributed by atoms with Gasteiger partial charge in [0.25, 0.3) is 0 Å². The summed E-state index contributed by atoms with van der Waals surface area (Å²) in [5, 5.41) is 6.77. The van der Waals surface area contributed by atoms with Gasteiger partial charge in [0, 0.05) is 23.5 Å². The number of aromatic nitrogens is 1. The second-order valence-corrected chi connectivity index (χ2v) is 6.18. The number of hydrogen-bond donors (Lipinski definition) is 1. The van der Waals surface area contributed by atoms with Crippen LogP contribution in [0.4, 0.5) is 0 Å². The van der Waals surface area contributed by atoms with Crippen LogP contribution in [0.3, 0.4) is 0 Å². The molecule has 19 heavy (non-hydrogen) atoms. The molecule has 0 bridgehead atoms. The van der Waals surface area contributed by atoms with Crippen LogP contribution in [0.15, 0.2) is 17.5 Å². The van der Waals surface area contributed by atoms with Crippen molar-refractivity contribution in [3.05, 3.63) is 50.5 Å². The van der Waals surface area contributed by atoms with Gasteiger partial charge in [-0.25, -0.2) is 4.98 Å². The largest absolute Gasteiger partial charge is 0.313 e. The highest BCUT2D eigenvalue weighted by Crippen LogP contribution is 2.27. The summed E-state index contributed by atoms with van der Waals surface area (Å²) in [5.41, 5.74) is 6.60. The molecule has 1 N–H and O–H groups in total. The lowest BCUT2D eigenvalue weighted by Crippen LogP contribution is -2.21. The van der Waals surface area contributed by atoms with Gasteiger partial charge in [0.1, 0.15) is 0 Å². The lowest BCUT2D eigenvalue weighted by Gasteiger charge is -2.21. The van der Waals surface area contributed by atoms with Crippen LogP contribution in [0.25, 0.3) is 0 Å². The molecule has 0 saturated carbocycles. The van der Waals surface area contributed by atoms with Crippen molar-refractivity contribution in [1.82, 2.24) is 10.3 Å². The van der Waals surface area contributed by atoms with Crippen LogP contribution in [0.5, 0.6) is 0 Å². The van der Waals surface area contributed by atoms with Crippen molar-refractivity contribution in [2.24, 2.45) is 0 Å². The normalized spacial score (nSPS) is 12.7. The maximum absolute atomic E-state index is 4.58. The van der Waals surface area contributed by atoms with Gasteiger partial charge >= 0.3 is 0 Å². The van der Waals surface area contributed by atoms with Crippen LogP contribution in [0.1, 0.15) is 39.0 Å². The summed E-state index contributed by atoms with van der Waals surface area (Å²) in [6.45, 7) is 8.61. The molecule has 0 radical (unpaired) electrons. The Morgan fingerprint density at radius 1 is 1.16 bits per heavy atom. The van der Waals surface area contributed by atoms with Gasteiger partial charge in [0.2, 0.25) is 0 Å². The minimum absolute atomic E-state index is 0.339. The van der Waals surface area contributed by atoms with Gasteiger partial charge < -0.3 is 5.32 Å². The van der Waals surface area contributed by atoms with Crippen LogP contribution in [-0.4, -0.2) is 12.0 Å². The molecule has 0 aliphatic carbocycles. The Hall–Kier alpha value is -1.19. The molecule has 0 fully saturated rings. The van der Waals surface area contributed by atoms with Gasteiger partial charge in [-0.2, -0.15) is 0 Å². The van der Waals surface area contributed by atoms with Gasteiger partial charge in [0.05, 0.1) is 5.01 Å². The Bertz CT molecular complexity index is 549.